The normalized spacial score (nSPS) is 10.2. The molecule has 0 amide bonds. The standard InChI is InChI=1S/C8H13BrN4O/c1-2-13(3-4-14)7-6(9)5-11-8(10)12-7/h5,14H,2-4H2,1H3,(H2,10,11,12). The SMILES string of the molecule is CCN(CCO)c1nc(N)ncc1Br. The van der Waals surface area contributed by atoms with E-state index >= 15 is 0 Å². The van der Waals surface area contributed by atoms with E-state index in [2.05, 4.69) is 25.9 Å². The summed E-state index contributed by atoms with van der Waals surface area (Å²) < 4.78 is 0.780. The average molecular weight is 261 g/mol. The fraction of sp³-hybridized carbons (Fsp3) is 0.500. The van der Waals surface area contributed by atoms with E-state index in [1.54, 1.807) is 6.20 Å². The van der Waals surface area contributed by atoms with Crippen molar-refractivity contribution < 1.29 is 5.11 Å². The lowest BCUT2D eigenvalue weighted by atomic mass is 10.4. The van der Waals surface area contributed by atoms with Crippen LogP contribution in [0.15, 0.2) is 10.7 Å². The van der Waals surface area contributed by atoms with Gasteiger partial charge in [-0.1, -0.05) is 0 Å². The maximum absolute atomic E-state index is 8.86. The molecule has 0 aromatic carbocycles. The van der Waals surface area contributed by atoms with Crippen molar-refractivity contribution in [2.45, 2.75) is 6.92 Å². The van der Waals surface area contributed by atoms with Crippen molar-refractivity contribution in [1.82, 2.24) is 9.97 Å². The van der Waals surface area contributed by atoms with Gasteiger partial charge >= 0.3 is 0 Å². The van der Waals surface area contributed by atoms with Crippen LogP contribution in [-0.2, 0) is 0 Å². The van der Waals surface area contributed by atoms with E-state index in [9.17, 15) is 0 Å². The summed E-state index contributed by atoms with van der Waals surface area (Å²) in [5.41, 5.74) is 5.48. The molecule has 0 atom stereocenters. The first kappa shape index (κ1) is 11.2. The third kappa shape index (κ3) is 2.55. The fourth-order valence-corrected chi connectivity index (χ4v) is 1.57. The van der Waals surface area contributed by atoms with Crippen molar-refractivity contribution in [3.05, 3.63) is 10.7 Å². The van der Waals surface area contributed by atoms with Crippen LogP contribution < -0.4 is 10.6 Å². The van der Waals surface area contributed by atoms with E-state index in [1.165, 1.54) is 0 Å². The van der Waals surface area contributed by atoms with Crippen LogP contribution in [0, 0.1) is 0 Å². The monoisotopic (exact) mass is 260 g/mol. The van der Waals surface area contributed by atoms with E-state index < -0.39 is 0 Å². The van der Waals surface area contributed by atoms with Gasteiger partial charge in [0, 0.05) is 19.3 Å². The molecule has 1 aromatic heterocycles. The second-order valence-electron chi connectivity index (χ2n) is 2.70. The van der Waals surface area contributed by atoms with Gasteiger partial charge in [0.25, 0.3) is 0 Å². The van der Waals surface area contributed by atoms with Crippen molar-refractivity contribution in [3.63, 3.8) is 0 Å². The molecule has 1 rings (SSSR count). The minimum absolute atomic E-state index is 0.0875. The molecule has 1 heterocycles. The highest BCUT2D eigenvalue weighted by molar-refractivity contribution is 9.10. The van der Waals surface area contributed by atoms with Crippen LogP contribution in [-0.4, -0.2) is 34.8 Å². The van der Waals surface area contributed by atoms with Crippen molar-refractivity contribution in [2.75, 3.05) is 30.3 Å². The summed E-state index contributed by atoms with van der Waals surface area (Å²) in [6, 6.07) is 0. The molecule has 1 aromatic rings. The zero-order valence-corrected chi connectivity index (χ0v) is 9.53. The Bertz CT molecular complexity index is 307. The molecule has 6 heteroatoms. The Hall–Kier alpha value is -0.880. The lowest BCUT2D eigenvalue weighted by molar-refractivity contribution is 0.302. The Morgan fingerprint density at radius 1 is 1.64 bits per heavy atom. The molecule has 0 bridgehead atoms. The van der Waals surface area contributed by atoms with Crippen LogP contribution in [0.2, 0.25) is 0 Å². The molecule has 0 fully saturated rings. The molecule has 14 heavy (non-hydrogen) atoms. The molecular formula is C8H13BrN4O. The number of aromatic nitrogens is 2. The first-order valence-electron chi connectivity index (χ1n) is 4.32. The van der Waals surface area contributed by atoms with Gasteiger partial charge in [0.2, 0.25) is 5.95 Å². The van der Waals surface area contributed by atoms with E-state index in [1.807, 2.05) is 11.8 Å². The smallest absolute Gasteiger partial charge is 0.222 e. The quantitative estimate of drug-likeness (QED) is 0.831. The van der Waals surface area contributed by atoms with Gasteiger partial charge in [0.15, 0.2) is 0 Å². The van der Waals surface area contributed by atoms with Gasteiger partial charge in [-0.2, -0.15) is 4.98 Å². The predicted octanol–water partition coefficient (Wildman–Crippen LogP) is 0.640. The third-order valence-corrected chi connectivity index (χ3v) is 2.35. The second-order valence-corrected chi connectivity index (χ2v) is 3.56. The van der Waals surface area contributed by atoms with E-state index in [0.717, 1.165) is 11.0 Å². The summed E-state index contributed by atoms with van der Waals surface area (Å²) in [4.78, 5) is 9.86. The van der Waals surface area contributed by atoms with Gasteiger partial charge in [0.05, 0.1) is 11.1 Å². The van der Waals surface area contributed by atoms with Crippen LogP contribution in [0.3, 0.4) is 0 Å². The number of nitrogens with two attached hydrogens (primary N) is 1. The van der Waals surface area contributed by atoms with Gasteiger partial charge in [-0.3, -0.25) is 0 Å². The van der Waals surface area contributed by atoms with Crippen LogP contribution in [0.1, 0.15) is 6.92 Å². The number of aliphatic hydroxyl groups excluding tert-OH is 1. The number of nitrogens with zero attached hydrogens (tertiary/aromatic N) is 3. The van der Waals surface area contributed by atoms with E-state index in [-0.39, 0.29) is 12.6 Å². The van der Waals surface area contributed by atoms with Crippen LogP contribution in [0.25, 0.3) is 0 Å². The summed E-state index contributed by atoms with van der Waals surface area (Å²) in [6.07, 6.45) is 1.61. The topological polar surface area (TPSA) is 75.3 Å². The van der Waals surface area contributed by atoms with Gasteiger partial charge < -0.3 is 15.7 Å². The number of likely N-dealkylation sites (N-methyl/N-ethyl adjacent to an activating group) is 1. The summed E-state index contributed by atoms with van der Waals surface area (Å²) in [6.45, 7) is 3.37. The zero-order valence-electron chi connectivity index (χ0n) is 7.94. The molecule has 0 aliphatic rings. The van der Waals surface area contributed by atoms with E-state index in [4.69, 9.17) is 10.8 Å². The van der Waals surface area contributed by atoms with Gasteiger partial charge in [-0.25, -0.2) is 4.98 Å². The number of halogens is 1. The Morgan fingerprint density at radius 2 is 2.36 bits per heavy atom. The molecule has 0 aliphatic heterocycles. The maximum atomic E-state index is 8.86. The van der Waals surface area contributed by atoms with Crippen LogP contribution in [0.4, 0.5) is 11.8 Å². The summed E-state index contributed by atoms with van der Waals surface area (Å²) >= 11 is 3.34. The largest absolute Gasteiger partial charge is 0.395 e. The van der Waals surface area contributed by atoms with Crippen molar-refractivity contribution in [1.29, 1.82) is 0 Å². The molecule has 0 saturated heterocycles. The molecule has 3 N–H and O–H groups in total. The molecule has 5 nitrogen and oxygen atoms in total. The van der Waals surface area contributed by atoms with Gasteiger partial charge in [0.1, 0.15) is 5.82 Å². The molecule has 0 radical (unpaired) electrons. The zero-order chi connectivity index (χ0) is 10.6. The van der Waals surface area contributed by atoms with Crippen LogP contribution in [0.5, 0.6) is 0 Å². The average Bonchev–Trinajstić information content (AvgIpc) is 2.18. The highest BCUT2D eigenvalue weighted by Gasteiger charge is 2.10. The number of rotatable bonds is 4. The van der Waals surface area contributed by atoms with E-state index in [0.29, 0.717) is 12.4 Å². The maximum Gasteiger partial charge on any atom is 0.222 e. The minimum atomic E-state index is 0.0875. The van der Waals surface area contributed by atoms with Crippen molar-refractivity contribution in [2.24, 2.45) is 0 Å². The number of anilines is 2. The van der Waals surface area contributed by atoms with Gasteiger partial charge in [-0.15, -0.1) is 0 Å². The predicted molar refractivity (Wildman–Crippen MR) is 59.1 cm³/mol. The highest BCUT2D eigenvalue weighted by atomic mass is 79.9. The molecular weight excluding hydrogens is 248 g/mol. The number of nitrogen functional groups attached to an aromatic ring is 1. The molecule has 0 aliphatic carbocycles. The highest BCUT2D eigenvalue weighted by Crippen LogP contribution is 2.22. The lowest BCUT2D eigenvalue weighted by Crippen LogP contribution is -2.27. The Kier molecular flexibility index (Phi) is 4.09. The molecule has 0 saturated carbocycles. The van der Waals surface area contributed by atoms with Crippen molar-refractivity contribution >= 4 is 27.7 Å². The molecule has 78 valence electrons. The summed E-state index contributed by atoms with van der Waals surface area (Å²) in [7, 11) is 0. The summed E-state index contributed by atoms with van der Waals surface area (Å²) in [5, 5.41) is 8.86. The fourth-order valence-electron chi connectivity index (χ4n) is 1.13. The summed E-state index contributed by atoms with van der Waals surface area (Å²) in [5.74, 6) is 0.952. The Balaban J connectivity index is 2.96. The second kappa shape index (κ2) is 5.11. The van der Waals surface area contributed by atoms with Gasteiger partial charge in [-0.05, 0) is 22.9 Å². The Labute approximate surface area is 91.1 Å². The first-order valence-corrected chi connectivity index (χ1v) is 5.12. The van der Waals surface area contributed by atoms with Crippen molar-refractivity contribution in [3.8, 4) is 0 Å². The number of hydrogen-bond donors (Lipinski definition) is 2. The third-order valence-electron chi connectivity index (χ3n) is 1.80. The first-order chi connectivity index (χ1) is 6.69. The molecule has 0 spiro atoms. The number of hydrogen-bond acceptors (Lipinski definition) is 5. The minimum Gasteiger partial charge on any atom is -0.395 e. The molecule has 0 unspecified atom stereocenters. The Morgan fingerprint density at radius 3 is 2.93 bits per heavy atom. The number of aliphatic hydroxyl groups is 1. The van der Waals surface area contributed by atoms with Crippen LogP contribution >= 0.6 is 15.9 Å². The lowest BCUT2D eigenvalue weighted by Gasteiger charge is -2.21.